The molecule has 0 bridgehead atoms. The Morgan fingerprint density at radius 2 is 1.62 bits per heavy atom. The summed E-state index contributed by atoms with van der Waals surface area (Å²) in [6.45, 7) is 3.35. The summed E-state index contributed by atoms with van der Waals surface area (Å²) in [6, 6.07) is 16.6. The summed E-state index contributed by atoms with van der Waals surface area (Å²) in [5.41, 5.74) is 2.27. The van der Waals surface area contributed by atoms with Crippen molar-refractivity contribution in [1.82, 2.24) is 9.80 Å². The van der Waals surface area contributed by atoms with Crippen LogP contribution in [0.3, 0.4) is 0 Å². The van der Waals surface area contributed by atoms with Gasteiger partial charge in [0.2, 0.25) is 11.8 Å². The molecule has 1 aliphatic heterocycles. The van der Waals surface area contributed by atoms with Crippen molar-refractivity contribution in [2.24, 2.45) is 11.8 Å². The standard InChI is InChI=1S/C26H31N3O3/c1-18(22-9-6-10-23(17-22)27-24(30)19-7-4-3-5-8-19)28(2)25(31)21-13-15-29(16-14-21)26(32)20-11-12-20/h3-10,17-18,20-21H,11-16H2,1-2H3,(H,27,30). The van der Waals surface area contributed by atoms with Gasteiger partial charge >= 0.3 is 0 Å². The van der Waals surface area contributed by atoms with E-state index in [4.69, 9.17) is 0 Å². The number of anilines is 1. The maximum absolute atomic E-state index is 13.1. The Morgan fingerprint density at radius 1 is 0.938 bits per heavy atom. The topological polar surface area (TPSA) is 69.7 Å². The smallest absolute Gasteiger partial charge is 0.255 e. The average molecular weight is 434 g/mol. The number of amides is 3. The van der Waals surface area contributed by atoms with Crippen molar-refractivity contribution in [1.29, 1.82) is 0 Å². The predicted octanol–water partition coefficient (Wildman–Crippen LogP) is 4.11. The van der Waals surface area contributed by atoms with Gasteiger partial charge in [0, 0.05) is 43.2 Å². The molecule has 1 saturated heterocycles. The summed E-state index contributed by atoms with van der Waals surface area (Å²) in [5.74, 6) is 0.417. The van der Waals surface area contributed by atoms with Gasteiger partial charge in [-0.25, -0.2) is 0 Å². The molecule has 168 valence electrons. The molecular weight excluding hydrogens is 402 g/mol. The first kappa shape index (κ1) is 22.1. The molecule has 1 aliphatic carbocycles. The van der Waals surface area contributed by atoms with Crippen molar-refractivity contribution in [3.8, 4) is 0 Å². The third-order valence-corrected chi connectivity index (χ3v) is 6.67. The van der Waals surface area contributed by atoms with Gasteiger partial charge in [-0.15, -0.1) is 0 Å². The zero-order valence-electron chi connectivity index (χ0n) is 18.8. The fourth-order valence-electron chi connectivity index (χ4n) is 4.31. The molecule has 1 saturated carbocycles. The molecule has 0 spiro atoms. The van der Waals surface area contributed by atoms with Gasteiger partial charge in [-0.05, 0) is 62.4 Å². The number of likely N-dealkylation sites (tertiary alicyclic amines) is 1. The van der Waals surface area contributed by atoms with Gasteiger partial charge in [0.05, 0.1) is 6.04 Å². The van der Waals surface area contributed by atoms with Gasteiger partial charge in [0.25, 0.3) is 5.91 Å². The highest BCUT2D eigenvalue weighted by Gasteiger charge is 2.36. The number of rotatable bonds is 6. The van der Waals surface area contributed by atoms with Crippen LogP contribution in [0.25, 0.3) is 0 Å². The third kappa shape index (κ3) is 5.01. The summed E-state index contributed by atoms with van der Waals surface area (Å²) in [7, 11) is 1.84. The number of nitrogens with zero attached hydrogens (tertiary/aromatic N) is 2. The summed E-state index contributed by atoms with van der Waals surface area (Å²) >= 11 is 0. The van der Waals surface area contributed by atoms with Gasteiger partial charge in [-0.1, -0.05) is 30.3 Å². The van der Waals surface area contributed by atoms with Gasteiger partial charge in [-0.2, -0.15) is 0 Å². The molecule has 1 heterocycles. The van der Waals surface area contributed by atoms with Gasteiger partial charge < -0.3 is 15.1 Å². The van der Waals surface area contributed by atoms with E-state index in [-0.39, 0.29) is 35.6 Å². The summed E-state index contributed by atoms with van der Waals surface area (Å²) in [4.78, 5) is 41.6. The second-order valence-corrected chi connectivity index (χ2v) is 8.94. The number of piperidine rings is 1. The maximum atomic E-state index is 13.1. The van der Waals surface area contributed by atoms with E-state index in [9.17, 15) is 14.4 Å². The number of carbonyl (C=O) groups is 3. The van der Waals surface area contributed by atoms with E-state index in [2.05, 4.69) is 5.32 Å². The second kappa shape index (κ2) is 9.55. The van der Waals surface area contributed by atoms with E-state index in [1.165, 1.54) is 0 Å². The molecule has 2 aliphatic rings. The minimum atomic E-state index is -0.160. The van der Waals surface area contributed by atoms with Crippen LogP contribution in [-0.2, 0) is 9.59 Å². The molecule has 1 N–H and O–H groups in total. The summed E-state index contributed by atoms with van der Waals surface area (Å²) in [5, 5.41) is 2.93. The van der Waals surface area contributed by atoms with Crippen molar-refractivity contribution < 1.29 is 14.4 Å². The lowest BCUT2D eigenvalue weighted by Crippen LogP contribution is -2.44. The first-order valence-corrected chi connectivity index (χ1v) is 11.5. The summed E-state index contributed by atoms with van der Waals surface area (Å²) < 4.78 is 0. The minimum Gasteiger partial charge on any atom is -0.342 e. The molecule has 6 nitrogen and oxygen atoms in total. The normalized spacial score (nSPS) is 17.5. The van der Waals surface area contributed by atoms with E-state index in [0.29, 0.717) is 24.3 Å². The largest absolute Gasteiger partial charge is 0.342 e. The van der Waals surface area contributed by atoms with Crippen LogP contribution in [0.1, 0.15) is 54.6 Å². The van der Waals surface area contributed by atoms with Crippen LogP contribution in [0, 0.1) is 11.8 Å². The van der Waals surface area contributed by atoms with E-state index < -0.39 is 0 Å². The van der Waals surface area contributed by atoms with Crippen molar-refractivity contribution in [3.05, 3.63) is 65.7 Å². The highest BCUT2D eigenvalue weighted by Crippen LogP contribution is 2.33. The molecule has 4 rings (SSSR count). The van der Waals surface area contributed by atoms with Crippen molar-refractivity contribution in [2.75, 3.05) is 25.5 Å². The Morgan fingerprint density at radius 3 is 2.28 bits per heavy atom. The van der Waals surface area contributed by atoms with Crippen molar-refractivity contribution >= 4 is 23.4 Å². The first-order chi connectivity index (χ1) is 15.4. The molecule has 0 aromatic heterocycles. The van der Waals surface area contributed by atoms with Crippen LogP contribution >= 0.6 is 0 Å². The van der Waals surface area contributed by atoms with Gasteiger partial charge in [0.1, 0.15) is 0 Å². The monoisotopic (exact) mass is 433 g/mol. The van der Waals surface area contributed by atoms with Crippen LogP contribution in [0.2, 0.25) is 0 Å². The van der Waals surface area contributed by atoms with Crippen molar-refractivity contribution in [3.63, 3.8) is 0 Å². The van der Waals surface area contributed by atoms with E-state index >= 15 is 0 Å². The Bertz CT molecular complexity index is 979. The van der Waals surface area contributed by atoms with Crippen LogP contribution in [0.5, 0.6) is 0 Å². The number of benzene rings is 2. The molecule has 3 amide bonds. The maximum Gasteiger partial charge on any atom is 0.255 e. The Labute approximate surface area is 189 Å². The first-order valence-electron chi connectivity index (χ1n) is 11.5. The summed E-state index contributed by atoms with van der Waals surface area (Å²) in [6.07, 6.45) is 3.48. The minimum absolute atomic E-state index is 0.0494. The van der Waals surface area contributed by atoms with Crippen LogP contribution < -0.4 is 5.32 Å². The van der Waals surface area contributed by atoms with E-state index in [0.717, 1.165) is 31.2 Å². The van der Waals surface area contributed by atoms with Crippen molar-refractivity contribution in [2.45, 2.75) is 38.6 Å². The molecule has 6 heteroatoms. The SMILES string of the molecule is CC(c1cccc(NC(=O)c2ccccc2)c1)N(C)C(=O)C1CCN(C(=O)C2CC2)CC1. The van der Waals surface area contributed by atoms with Gasteiger partial charge in [0.15, 0.2) is 0 Å². The average Bonchev–Trinajstić information content (AvgIpc) is 3.68. The number of hydrogen-bond acceptors (Lipinski definition) is 3. The lowest BCUT2D eigenvalue weighted by molar-refractivity contribution is -0.141. The Balaban J connectivity index is 1.35. The molecule has 32 heavy (non-hydrogen) atoms. The quantitative estimate of drug-likeness (QED) is 0.745. The van der Waals surface area contributed by atoms with Crippen LogP contribution in [-0.4, -0.2) is 47.7 Å². The highest BCUT2D eigenvalue weighted by molar-refractivity contribution is 6.04. The predicted molar refractivity (Wildman–Crippen MR) is 124 cm³/mol. The number of carbonyl (C=O) groups excluding carboxylic acids is 3. The number of hydrogen-bond donors (Lipinski definition) is 1. The van der Waals surface area contributed by atoms with E-state index in [1.807, 2.05) is 61.3 Å². The molecule has 0 radical (unpaired) electrons. The lowest BCUT2D eigenvalue weighted by Gasteiger charge is -2.35. The molecular formula is C26H31N3O3. The zero-order chi connectivity index (χ0) is 22.7. The highest BCUT2D eigenvalue weighted by atomic mass is 16.2. The lowest BCUT2D eigenvalue weighted by atomic mass is 9.94. The molecule has 2 aromatic carbocycles. The molecule has 2 fully saturated rings. The second-order valence-electron chi connectivity index (χ2n) is 8.94. The fraction of sp³-hybridized carbons (Fsp3) is 0.423. The molecule has 2 aromatic rings. The Kier molecular flexibility index (Phi) is 6.58. The van der Waals surface area contributed by atoms with E-state index in [1.54, 1.807) is 17.0 Å². The zero-order valence-corrected chi connectivity index (χ0v) is 18.8. The third-order valence-electron chi connectivity index (χ3n) is 6.67. The molecule has 1 unspecified atom stereocenters. The van der Waals surface area contributed by atoms with Crippen LogP contribution in [0.15, 0.2) is 54.6 Å². The van der Waals surface area contributed by atoms with Crippen LogP contribution in [0.4, 0.5) is 5.69 Å². The Hall–Kier alpha value is -3.15. The molecule has 1 atom stereocenters. The number of nitrogens with one attached hydrogen (secondary N) is 1. The van der Waals surface area contributed by atoms with Gasteiger partial charge in [-0.3, -0.25) is 14.4 Å². The fourth-order valence-corrected chi connectivity index (χ4v) is 4.31.